The van der Waals surface area contributed by atoms with E-state index in [1.807, 2.05) is 41.3 Å². The van der Waals surface area contributed by atoms with Crippen molar-refractivity contribution in [2.75, 3.05) is 44.9 Å². The van der Waals surface area contributed by atoms with E-state index in [1.165, 1.54) is 23.5 Å². The second-order valence-corrected chi connectivity index (χ2v) is 13.1. The van der Waals surface area contributed by atoms with Crippen LogP contribution < -0.4 is 15.0 Å². The Morgan fingerprint density at radius 3 is 2.33 bits per heavy atom. The third kappa shape index (κ3) is 6.08. The van der Waals surface area contributed by atoms with Gasteiger partial charge in [-0.1, -0.05) is 47.5 Å². The van der Waals surface area contributed by atoms with E-state index in [9.17, 15) is 18.0 Å². The smallest absolute Gasteiger partial charge is 0.250 e. The van der Waals surface area contributed by atoms with Gasteiger partial charge < -0.3 is 19.9 Å². The number of amides is 2. The van der Waals surface area contributed by atoms with Gasteiger partial charge in [0.25, 0.3) is 0 Å². The zero-order chi connectivity index (χ0) is 29.9. The lowest BCUT2D eigenvalue weighted by Crippen LogP contribution is -2.57. The SMILES string of the molecule is COc1ccc(S(=O)(=O)N2CCC3(CC2)C(=O)N(CC(=O)NCCc2ccc(Cl)cc2Cl)CN3c2ccccc2)cc1. The first-order chi connectivity index (χ1) is 20.1. The molecule has 3 aromatic rings. The molecule has 0 saturated carbocycles. The molecule has 0 radical (unpaired) electrons. The number of rotatable bonds is 9. The van der Waals surface area contributed by atoms with Crippen molar-refractivity contribution in [3.8, 4) is 5.75 Å². The molecule has 2 aliphatic heterocycles. The molecule has 2 fully saturated rings. The van der Waals surface area contributed by atoms with Crippen molar-refractivity contribution >= 4 is 50.7 Å². The van der Waals surface area contributed by atoms with Crippen LogP contribution in [-0.2, 0) is 26.0 Å². The van der Waals surface area contributed by atoms with Crippen LogP contribution in [0.5, 0.6) is 5.75 Å². The number of hydrogen-bond acceptors (Lipinski definition) is 6. The molecule has 2 amide bonds. The lowest BCUT2D eigenvalue weighted by Gasteiger charge is -2.42. The van der Waals surface area contributed by atoms with Crippen molar-refractivity contribution < 1.29 is 22.7 Å². The molecule has 0 bridgehead atoms. The van der Waals surface area contributed by atoms with Gasteiger partial charge in [-0.15, -0.1) is 0 Å². The molecule has 1 N–H and O–H groups in total. The number of nitrogens with zero attached hydrogens (tertiary/aromatic N) is 3. The lowest BCUT2D eigenvalue weighted by molar-refractivity contribution is -0.137. The number of ether oxygens (including phenoxy) is 1. The summed E-state index contributed by atoms with van der Waals surface area (Å²) in [6, 6.07) is 21.1. The number of para-hydroxylation sites is 1. The summed E-state index contributed by atoms with van der Waals surface area (Å²) in [7, 11) is -2.23. The molecule has 42 heavy (non-hydrogen) atoms. The minimum absolute atomic E-state index is 0.105. The van der Waals surface area contributed by atoms with Crippen LogP contribution in [-0.4, -0.2) is 74.9 Å². The third-order valence-corrected chi connectivity index (χ3v) is 10.4. The Morgan fingerprint density at radius 2 is 1.69 bits per heavy atom. The summed E-state index contributed by atoms with van der Waals surface area (Å²) in [5, 5.41) is 3.96. The Labute approximate surface area is 256 Å². The Hall–Kier alpha value is -3.31. The Bertz CT molecular complexity index is 1550. The quantitative estimate of drug-likeness (QED) is 0.381. The molecule has 222 valence electrons. The van der Waals surface area contributed by atoms with Crippen LogP contribution in [0.3, 0.4) is 0 Å². The maximum atomic E-state index is 14.0. The van der Waals surface area contributed by atoms with E-state index in [0.29, 0.717) is 41.6 Å². The number of nitrogens with one attached hydrogen (secondary N) is 1. The Kier molecular flexibility index (Phi) is 8.98. The molecular weight excluding hydrogens is 599 g/mol. The maximum Gasteiger partial charge on any atom is 0.250 e. The number of carbonyl (C=O) groups excluding carboxylic acids is 2. The zero-order valence-electron chi connectivity index (χ0n) is 23.1. The van der Waals surface area contributed by atoms with E-state index in [-0.39, 0.29) is 43.0 Å². The molecule has 1 spiro atoms. The van der Waals surface area contributed by atoms with Gasteiger partial charge in [0.1, 0.15) is 17.8 Å². The molecule has 5 rings (SSSR count). The average Bonchev–Trinajstić information content (AvgIpc) is 3.25. The van der Waals surface area contributed by atoms with Gasteiger partial charge >= 0.3 is 0 Å². The first-order valence-corrected chi connectivity index (χ1v) is 15.8. The van der Waals surface area contributed by atoms with Gasteiger partial charge in [0, 0.05) is 35.4 Å². The van der Waals surface area contributed by atoms with Crippen LogP contribution >= 0.6 is 23.2 Å². The molecular formula is C30H32Cl2N4O5S. The van der Waals surface area contributed by atoms with Gasteiger partial charge in [-0.25, -0.2) is 8.42 Å². The van der Waals surface area contributed by atoms with Crippen molar-refractivity contribution in [2.45, 2.75) is 29.7 Å². The minimum atomic E-state index is -3.75. The zero-order valence-corrected chi connectivity index (χ0v) is 25.5. The summed E-state index contributed by atoms with van der Waals surface area (Å²) >= 11 is 12.2. The van der Waals surface area contributed by atoms with E-state index in [4.69, 9.17) is 27.9 Å². The standard InChI is InChI=1S/C30H32Cl2N4O5S/c1-41-25-9-11-26(12-10-25)42(39,40)35-17-14-30(15-18-35)29(38)34(21-36(30)24-5-3-2-4-6-24)20-28(37)33-16-13-22-7-8-23(31)19-27(22)32/h2-12,19H,13-18,20-21H2,1H3,(H,33,37). The van der Waals surface area contributed by atoms with Crippen LogP contribution in [0.4, 0.5) is 5.69 Å². The van der Waals surface area contributed by atoms with Gasteiger partial charge in [0.2, 0.25) is 21.8 Å². The maximum absolute atomic E-state index is 14.0. The summed E-state index contributed by atoms with van der Waals surface area (Å²) in [5.74, 6) is 0.112. The fourth-order valence-electron chi connectivity index (χ4n) is 5.61. The van der Waals surface area contributed by atoms with Crippen molar-refractivity contribution in [2.24, 2.45) is 0 Å². The summed E-state index contributed by atoms with van der Waals surface area (Å²) in [5.41, 5.74) is 0.756. The molecule has 9 nitrogen and oxygen atoms in total. The second kappa shape index (κ2) is 12.5. The molecule has 2 saturated heterocycles. The second-order valence-electron chi connectivity index (χ2n) is 10.4. The Balaban J connectivity index is 1.28. The number of anilines is 1. The number of halogens is 2. The van der Waals surface area contributed by atoms with Crippen molar-refractivity contribution in [1.82, 2.24) is 14.5 Å². The molecule has 0 unspecified atom stereocenters. The minimum Gasteiger partial charge on any atom is -0.497 e. The predicted octanol–water partition coefficient (Wildman–Crippen LogP) is 4.19. The van der Waals surface area contributed by atoms with Crippen LogP contribution in [0.1, 0.15) is 18.4 Å². The van der Waals surface area contributed by atoms with Crippen LogP contribution in [0.25, 0.3) is 0 Å². The number of methoxy groups -OCH3 is 1. The van der Waals surface area contributed by atoms with E-state index >= 15 is 0 Å². The monoisotopic (exact) mass is 630 g/mol. The summed E-state index contributed by atoms with van der Waals surface area (Å²) in [4.78, 5) is 30.6. The van der Waals surface area contributed by atoms with Crippen LogP contribution in [0.15, 0.2) is 77.7 Å². The van der Waals surface area contributed by atoms with Crippen molar-refractivity contribution in [1.29, 1.82) is 0 Å². The number of benzene rings is 3. The summed E-state index contributed by atoms with van der Waals surface area (Å²) in [6.45, 7) is 0.821. The highest BCUT2D eigenvalue weighted by Gasteiger charge is 2.55. The highest BCUT2D eigenvalue weighted by molar-refractivity contribution is 7.89. The van der Waals surface area contributed by atoms with E-state index < -0.39 is 15.6 Å². The molecule has 2 aliphatic rings. The van der Waals surface area contributed by atoms with Gasteiger partial charge in [-0.3, -0.25) is 9.59 Å². The van der Waals surface area contributed by atoms with E-state index in [0.717, 1.165) is 11.3 Å². The normalized spacial score (nSPS) is 17.1. The van der Waals surface area contributed by atoms with E-state index in [2.05, 4.69) is 5.32 Å². The molecule has 2 heterocycles. The van der Waals surface area contributed by atoms with E-state index in [1.54, 1.807) is 29.2 Å². The molecule has 12 heteroatoms. The van der Waals surface area contributed by atoms with Gasteiger partial charge in [0.15, 0.2) is 0 Å². The molecule has 0 atom stereocenters. The van der Waals surface area contributed by atoms with Crippen LogP contribution in [0.2, 0.25) is 10.0 Å². The molecule has 0 aromatic heterocycles. The van der Waals surface area contributed by atoms with Crippen molar-refractivity contribution in [3.63, 3.8) is 0 Å². The fraction of sp³-hybridized carbons (Fsp3) is 0.333. The summed E-state index contributed by atoms with van der Waals surface area (Å²) in [6.07, 6.45) is 1.11. The average molecular weight is 632 g/mol. The molecule has 0 aliphatic carbocycles. The first-order valence-electron chi connectivity index (χ1n) is 13.6. The molecule has 3 aromatic carbocycles. The number of carbonyl (C=O) groups is 2. The number of hydrogen-bond donors (Lipinski definition) is 1. The highest BCUT2D eigenvalue weighted by Crippen LogP contribution is 2.40. The van der Waals surface area contributed by atoms with Crippen molar-refractivity contribution in [3.05, 3.63) is 88.4 Å². The van der Waals surface area contributed by atoms with Gasteiger partial charge in [0.05, 0.1) is 18.7 Å². The summed E-state index contributed by atoms with van der Waals surface area (Å²) < 4.78 is 33.3. The first kappa shape index (κ1) is 30.2. The third-order valence-electron chi connectivity index (χ3n) is 7.89. The van der Waals surface area contributed by atoms with Crippen LogP contribution in [0, 0.1) is 0 Å². The lowest BCUT2D eigenvalue weighted by atomic mass is 9.86. The predicted molar refractivity (Wildman–Crippen MR) is 162 cm³/mol. The topological polar surface area (TPSA) is 99.3 Å². The van der Waals surface area contributed by atoms with Gasteiger partial charge in [-0.05, 0) is 73.4 Å². The largest absolute Gasteiger partial charge is 0.497 e. The number of sulfonamides is 1. The highest BCUT2D eigenvalue weighted by atomic mass is 35.5. The fourth-order valence-corrected chi connectivity index (χ4v) is 7.55. The Morgan fingerprint density at radius 1 is 1.00 bits per heavy atom. The number of piperidine rings is 1. The van der Waals surface area contributed by atoms with Gasteiger partial charge in [-0.2, -0.15) is 4.31 Å².